The van der Waals surface area contributed by atoms with E-state index in [1.807, 2.05) is 12.2 Å². The molecule has 18 heavy (non-hydrogen) atoms. The van der Waals surface area contributed by atoms with E-state index >= 15 is 0 Å². The molecule has 1 aliphatic carbocycles. The van der Waals surface area contributed by atoms with E-state index < -0.39 is 11.8 Å². The van der Waals surface area contributed by atoms with Crippen LogP contribution >= 0.6 is 12.2 Å². The van der Waals surface area contributed by atoms with Gasteiger partial charge in [0.1, 0.15) is 0 Å². The van der Waals surface area contributed by atoms with Crippen molar-refractivity contribution in [3.8, 4) is 0 Å². The maximum atomic E-state index is 11.9. The summed E-state index contributed by atoms with van der Waals surface area (Å²) in [6.07, 6.45) is 8.54. The first-order valence-corrected chi connectivity index (χ1v) is 6.06. The molecule has 1 aliphatic heterocycles. The quantitative estimate of drug-likeness (QED) is 0.537. The monoisotopic (exact) mass is 263 g/mol. The van der Waals surface area contributed by atoms with Gasteiger partial charge < -0.3 is 4.74 Å². The Hall–Kier alpha value is -1.75. The summed E-state index contributed by atoms with van der Waals surface area (Å²) in [7, 11) is 0. The number of carbonyl (C=O) groups excluding carboxylic acids is 2. The fourth-order valence-electron chi connectivity index (χ4n) is 1.74. The van der Waals surface area contributed by atoms with E-state index in [1.54, 1.807) is 6.08 Å². The van der Waals surface area contributed by atoms with Gasteiger partial charge in [0.25, 0.3) is 5.17 Å². The molecular formula is C13H13NO3S. The topological polar surface area (TPSA) is 46.6 Å². The first-order chi connectivity index (χ1) is 8.49. The lowest BCUT2D eigenvalue weighted by Crippen LogP contribution is -2.32. The van der Waals surface area contributed by atoms with Crippen molar-refractivity contribution >= 4 is 29.2 Å². The van der Waals surface area contributed by atoms with Gasteiger partial charge in [-0.2, -0.15) is 0 Å². The standard InChI is InChI=1S/C13H13NO3S/c1-8-3-5-10(6-4-8)7-11-12(16)14(9(2)15)13(18)17-11/h3,5-8H,4H2,1-2H3/b11-7+. The lowest BCUT2D eigenvalue weighted by Gasteiger charge is -2.08. The molecule has 1 saturated heterocycles. The van der Waals surface area contributed by atoms with Gasteiger partial charge in [-0.25, -0.2) is 4.90 Å². The number of imide groups is 1. The van der Waals surface area contributed by atoms with Gasteiger partial charge in [0, 0.05) is 6.92 Å². The van der Waals surface area contributed by atoms with E-state index in [0.29, 0.717) is 5.92 Å². The molecule has 0 aromatic heterocycles. The van der Waals surface area contributed by atoms with Crippen LogP contribution in [0.2, 0.25) is 0 Å². The second-order valence-corrected chi connectivity index (χ2v) is 4.66. The van der Waals surface area contributed by atoms with Gasteiger partial charge in [0.2, 0.25) is 5.91 Å². The fraction of sp³-hybridized carbons (Fsp3) is 0.308. The number of amides is 2. The largest absolute Gasteiger partial charge is 0.425 e. The van der Waals surface area contributed by atoms with Crippen LogP contribution in [-0.2, 0) is 14.3 Å². The highest BCUT2D eigenvalue weighted by Crippen LogP contribution is 2.22. The molecule has 2 rings (SSSR count). The van der Waals surface area contributed by atoms with Gasteiger partial charge in [-0.3, -0.25) is 9.59 Å². The van der Waals surface area contributed by atoms with E-state index in [2.05, 4.69) is 13.0 Å². The van der Waals surface area contributed by atoms with Crippen molar-refractivity contribution in [2.45, 2.75) is 20.3 Å². The highest BCUT2D eigenvalue weighted by Gasteiger charge is 2.36. The number of hydrogen-bond acceptors (Lipinski definition) is 4. The Balaban J connectivity index is 2.21. The first-order valence-electron chi connectivity index (χ1n) is 5.66. The van der Waals surface area contributed by atoms with Crippen LogP contribution in [0.15, 0.2) is 35.6 Å². The van der Waals surface area contributed by atoms with Crippen molar-refractivity contribution in [1.29, 1.82) is 0 Å². The zero-order valence-electron chi connectivity index (χ0n) is 10.2. The number of rotatable bonds is 1. The van der Waals surface area contributed by atoms with E-state index in [0.717, 1.165) is 16.9 Å². The second-order valence-electron chi connectivity index (χ2n) is 4.31. The molecule has 1 unspecified atom stereocenters. The molecule has 2 aliphatic rings. The van der Waals surface area contributed by atoms with E-state index in [9.17, 15) is 9.59 Å². The molecule has 0 bridgehead atoms. The molecule has 1 atom stereocenters. The van der Waals surface area contributed by atoms with E-state index in [1.165, 1.54) is 6.92 Å². The predicted molar refractivity (Wildman–Crippen MR) is 70.3 cm³/mol. The van der Waals surface area contributed by atoms with E-state index in [4.69, 9.17) is 17.0 Å². The lowest BCUT2D eigenvalue weighted by molar-refractivity contribution is -0.135. The van der Waals surface area contributed by atoms with Gasteiger partial charge in [-0.1, -0.05) is 25.2 Å². The predicted octanol–water partition coefficient (Wildman–Crippen LogP) is 2.08. The Morgan fingerprint density at radius 2 is 2.33 bits per heavy atom. The van der Waals surface area contributed by atoms with Gasteiger partial charge in [-0.05, 0) is 36.2 Å². The summed E-state index contributed by atoms with van der Waals surface area (Å²) in [5.74, 6) is -0.335. The molecule has 0 N–H and O–H groups in total. The van der Waals surface area contributed by atoms with Crippen molar-refractivity contribution < 1.29 is 14.3 Å². The van der Waals surface area contributed by atoms with E-state index in [-0.39, 0.29) is 10.9 Å². The van der Waals surface area contributed by atoms with Crippen molar-refractivity contribution in [3.05, 3.63) is 35.6 Å². The molecule has 0 saturated carbocycles. The van der Waals surface area contributed by atoms with Crippen LogP contribution in [0.25, 0.3) is 0 Å². The molecular weight excluding hydrogens is 250 g/mol. The number of nitrogens with zero attached hydrogens (tertiary/aromatic N) is 1. The zero-order chi connectivity index (χ0) is 13.3. The van der Waals surface area contributed by atoms with Crippen LogP contribution in [0, 0.1) is 5.92 Å². The van der Waals surface area contributed by atoms with Crippen LogP contribution < -0.4 is 0 Å². The fourth-order valence-corrected chi connectivity index (χ4v) is 2.04. The van der Waals surface area contributed by atoms with Crippen LogP contribution in [0.3, 0.4) is 0 Å². The van der Waals surface area contributed by atoms with Gasteiger partial charge in [0.15, 0.2) is 5.76 Å². The minimum atomic E-state index is -0.500. The Morgan fingerprint density at radius 1 is 1.61 bits per heavy atom. The Kier molecular flexibility index (Phi) is 3.43. The molecule has 94 valence electrons. The van der Waals surface area contributed by atoms with Crippen LogP contribution in [0.5, 0.6) is 0 Å². The van der Waals surface area contributed by atoms with Crippen molar-refractivity contribution in [3.63, 3.8) is 0 Å². The molecule has 2 amide bonds. The smallest absolute Gasteiger partial charge is 0.303 e. The van der Waals surface area contributed by atoms with Gasteiger partial charge in [-0.15, -0.1) is 0 Å². The summed E-state index contributed by atoms with van der Waals surface area (Å²) in [4.78, 5) is 24.0. The average Bonchev–Trinajstić information content (AvgIpc) is 2.57. The van der Waals surface area contributed by atoms with Crippen molar-refractivity contribution in [2.75, 3.05) is 0 Å². The number of thiocarbonyl (C=S) groups is 1. The SMILES string of the molecule is CC(=O)N1C(=O)/C(=C\C2=CCC(C)C=C2)OC1=S. The summed E-state index contributed by atoms with van der Waals surface area (Å²) in [6.45, 7) is 3.39. The number of carbonyl (C=O) groups is 2. The van der Waals surface area contributed by atoms with Crippen LogP contribution in [0.4, 0.5) is 0 Å². The van der Waals surface area contributed by atoms with Gasteiger partial charge >= 0.3 is 5.91 Å². The average molecular weight is 263 g/mol. The molecule has 1 heterocycles. The summed E-state index contributed by atoms with van der Waals surface area (Å²) < 4.78 is 5.15. The second kappa shape index (κ2) is 4.86. The molecule has 0 radical (unpaired) electrons. The highest BCUT2D eigenvalue weighted by molar-refractivity contribution is 7.80. The van der Waals surface area contributed by atoms with Crippen molar-refractivity contribution in [1.82, 2.24) is 4.90 Å². The highest BCUT2D eigenvalue weighted by atomic mass is 32.1. The minimum Gasteiger partial charge on any atom is -0.425 e. The number of hydrogen-bond donors (Lipinski definition) is 0. The van der Waals surface area contributed by atoms with Crippen LogP contribution in [-0.4, -0.2) is 21.9 Å². The summed E-state index contributed by atoms with van der Waals surface area (Å²) in [6, 6.07) is 0. The normalized spacial score (nSPS) is 25.4. The molecule has 5 heteroatoms. The zero-order valence-corrected chi connectivity index (χ0v) is 11.0. The Morgan fingerprint density at radius 3 is 2.83 bits per heavy atom. The first kappa shape index (κ1) is 12.7. The summed E-state index contributed by atoms with van der Waals surface area (Å²) >= 11 is 4.84. The Labute approximate surface area is 111 Å². The third-order valence-electron chi connectivity index (χ3n) is 2.75. The molecule has 0 spiro atoms. The maximum Gasteiger partial charge on any atom is 0.303 e. The molecule has 4 nitrogen and oxygen atoms in total. The lowest BCUT2D eigenvalue weighted by atomic mass is 9.98. The van der Waals surface area contributed by atoms with Crippen LogP contribution in [0.1, 0.15) is 20.3 Å². The van der Waals surface area contributed by atoms with Crippen molar-refractivity contribution in [2.24, 2.45) is 5.92 Å². The summed E-state index contributed by atoms with van der Waals surface area (Å²) in [5.41, 5.74) is 0.893. The summed E-state index contributed by atoms with van der Waals surface area (Å²) in [5, 5.41) is -0.104. The molecule has 0 aromatic carbocycles. The molecule has 1 fully saturated rings. The Bertz CT molecular complexity index is 516. The maximum absolute atomic E-state index is 11.9. The third kappa shape index (κ3) is 2.41. The minimum absolute atomic E-state index is 0.0978. The number of ether oxygens (including phenoxy) is 1. The number of allylic oxidation sites excluding steroid dienone is 5. The molecule has 0 aromatic rings. The third-order valence-corrected chi connectivity index (χ3v) is 3.01. The van der Waals surface area contributed by atoms with Gasteiger partial charge in [0.05, 0.1) is 0 Å².